The standard InChI is InChI=1S/C31H38O3/c1-23(13-11-14-24(2)21-28(32)34-7)18-19-27-25(3)29(33)31(6,22-30(27,4)5)20-12-17-26-15-9-8-10-16-26/h8-19,21H,20,22H2,1-7H3/b14-11+,17-12+,19-18+,23-13+,24-21+. The largest absolute Gasteiger partial charge is 0.466 e. The molecule has 34 heavy (non-hydrogen) atoms. The third kappa shape index (κ3) is 7.41. The van der Waals surface area contributed by atoms with Gasteiger partial charge in [0, 0.05) is 11.5 Å². The number of carbonyl (C=O) groups excluding carboxylic acids is 2. The van der Waals surface area contributed by atoms with Crippen molar-refractivity contribution < 1.29 is 14.3 Å². The Bertz CT molecular complexity index is 1070. The van der Waals surface area contributed by atoms with E-state index in [9.17, 15) is 9.59 Å². The van der Waals surface area contributed by atoms with Gasteiger partial charge in [-0.3, -0.25) is 4.79 Å². The molecule has 0 radical (unpaired) electrons. The fourth-order valence-electron chi connectivity index (χ4n) is 4.68. The molecule has 0 heterocycles. The van der Waals surface area contributed by atoms with Crippen LogP contribution in [0.15, 0.2) is 95.2 Å². The first kappa shape index (κ1) is 27.0. The Morgan fingerprint density at radius 1 is 1.03 bits per heavy atom. The monoisotopic (exact) mass is 458 g/mol. The summed E-state index contributed by atoms with van der Waals surface area (Å²) in [5.74, 6) is -0.133. The van der Waals surface area contributed by atoms with Crippen molar-refractivity contribution in [2.75, 3.05) is 7.11 Å². The van der Waals surface area contributed by atoms with Crippen LogP contribution in [0.5, 0.6) is 0 Å². The summed E-state index contributed by atoms with van der Waals surface area (Å²) in [4.78, 5) is 24.7. The SMILES string of the molecule is COC(=O)/C=C(C)/C=C/C=C(C)/C=C/C1=C(C)C(=O)C(C)(C/C=C/c2ccccc2)CC1(C)C. The van der Waals surface area contributed by atoms with Crippen molar-refractivity contribution >= 4 is 17.8 Å². The highest BCUT2D eigenvalue weighted by Gasteiger charge is 2.44. The Morgan fingerprint density at radius 3 is 2.35 bits per heavy atom. The molecule has 0 fully saturated rings. The highest BCUT2D eigenvalue weighted by atomic mass is 16.5. The molecule has 1 unspecified atom stereocenters. The van der Waals surface area contributed by atoms with Crippen LogP contribution in [0.25, 0.3) is 6.08 Å². The van der Waals surface area contributed by atoms with E-state index in [1.807, 2.05) is 57.2 Å². The summed E-state index contributed by atoms with van der Waals surface area (Å²) in [6.07, 6.45) is 17.1. The maximum absolute atomic E-state index is 13.4. The first-order chi connectivity index (χ1) is 16.0. The number of esters is 1. The van der Waals surface area contributed by atoms with E-state index in [-0.39, 0.29) is 17.2 Å². The molecule has 0 saturated carbocycles. The molecule has 3 nitrogen and oxygen atoms in total. The van der Waals surface area contributed by atoms with E-state index in [0.717, 1.165) is 40.7 Å². The molecule has 0 N–H and O–H groups in total. The Hall–Kier alpha value is -3.20. The summed E-state index contributed by atoms with van der Waals surface area (Å²) in [6, 6.07) is 10.2. The topological polar surface area (TPSA) is 43.4 Å². The number of carbonyl (C=O) groups is 2. The quantitative estimate of drug-likeness (QED) is 0.229. The average Bonchev–Trinajstić information content (AvgIpc) is 2.77. The van der Waals surface area contributed by atoms with Gasteiger partial charge in [-0.1, -0.05) is 99.2 Å². The van der Waals surface area contributed by atoms with Gasteiger partial charge in [-0.25, -0.2) is 4.79 Å². The number of ether oxygens (including phenoxy) is 1. The molecule has 1 aromatic rings. The van der Waals surface area contributed by atoms with E-state index >= 15 is 0 Å². The summed E-state index contributed by atoms with van der Waals surface area (Å²) >= 11 is 0. The minimum Gasteiger partial charge on any atom is -0.466 e. The van der Waals surface area contributed by atoms with Crippen LogP contribution in [0.3, 0.4) is 0 Å². The fraction of sp³-hybridized carbons (Fsp3) is 0.355. The molecule has 0 saturated heterocycles. The smallest absolute Gasteiger partial charge is 0.330 e. The second-order valence-corrected chi connectivity index (χ2v) is 10.0. The predicted octanol–water partition coefficient (Wildman–Crippen LogP) is 7.59. The minimum absolute atomic E-state index is 0.111. The fourth-order valence-corrected chi connectivity index (χ4v) is 4.68. The first-order valence-electron chi connectivity index (χ1n) is 11.8. The van der Waals surface area contributed by atoms with Gasteiger partial charge in [-0.2, -0.15) is 0 Å². The van der Waals surface area contributed by atoms with Crippen LogP contribution >= 0.6 is 0 Å². The minimum atomic E-state index is -0.409. The molecule has 180 valence electrons. The van der Waals surface area contributed by atoms with Gasteiger partial charge in [0.2, 0.25) is 0 Å². The Morgan fingerprint density at radius 2 is 1.71 bits per heavy atom. The highest BCUT2D eigenvalue weighted by Crippen LogP contribution is 2.49. The van der Waals surface area contributed by atoms with Crippen molar-refractivity contribution in [2.45, 2.75) is 54.4 Å². The molecule has 2 rings (SSSR count). The van der Waals surface area contributed by atoms with Crippen LogP contribution in [0, 0.1) is 10.8 Å². The lowest BCUT2D eigenvalue weighted by Gasteiger charge is -2.43. The zero-order chi connectivity index (χ0) is 25.4. The molecule has 0 aromatic heterocycles. The van der Waals surface area contributed by atoms with E-state index < -0.39 is 5.41 Å². The van der Waals surface area contributed by atoms with Crippen molar-refractivity contribution in [1.82, 2.24) is 0 Å². The van der Waals surface area contributed by atoms with Crippen LogP contribution in [-0.4, -0.2) is 18.9 Å². The van der Waals surface area contributed by atoms with Gasteiger partial charge in [-0.15, -0.1) is 0 Å². The normalized spacial score (nSPS) is 21.8. The summed E-state index contributed by atoms with van der Waals surface area (Å²) in [6.45, 7) is 12.4. The third-order valence-corrected chi connectivity index (χ3v) is 6.31. The summed E-state index contributed by atoms with van der Waals surface area (Å²) < 4.78 is 4.64. The number of ketones is 1. The van der Waals surface area contributed by atoms with E-state index in [1.165, 1.54) is 13.2 Å². The van der Waals surface area contributed by atoms with Crippen LogP contribution < -0.4 is 0 Å². The molecule has 0 amide bonds. The second kappa shape index (κ2) is 11.8. The number of hydrogen-bond donors (Lipinski definition) is 0. The van der Waals surface area contributed by atoms with Gasteiger partial charge < -0.3 is 4.74 Å². The molecule has 0 bridgehead atoms. The summed E-state index contributed by atoms with van der Waals surface area (Å²) in [5.41, 5.74) is 4.45. The summed E-state index contributed by atoms with van der Waals surface area (Å²) in [5, 5.41) is 0. The Labute approximate surface area is 205 Å². The molecular formula is C31H38O3. The van der Waals surface area contributed by atoms with Crippen molar-refractivity contribution in [2.24, 2.45) is 10.8 Å². The zero-order valence-corrected chi connectivity index (χ0v) is 21.6. The van der Waals surface area contributed by atoms with Crippen LogP contribution in [-0.2, 0) is 14.3 Å². The third-order valence-electron chi connectivity index (χ3n) is 6.31. The maximum Gasteiger partial charge on any atom is 0.330 e. The lowest BCUT2D eigenvalue weighted by atomic mass is 9.60. The van der Waals surface area contributed by atoms with Crippen LogP contribution in [0.2, 0.25) is 0 Å². The number of benzene rings is 1. The van der Waals surface area contributed by atoms with Crippen molar-refractivity contribution in [1.29, 1.82) is 0 Å². The molecule has 0 spiro atoms. The van der Waals surface area contributed by atoms with Gasteiger partial charge in [0.05, 0.1) is 7.11 Å². The van der Waals surface area contributed by atoms with Gasteiger partial charge in [0.15, 0.2) is 5.78 Å². The van der Waals surface area contributed by atoms with Gasteiger partial charge in [0.1, 0.15) is 0 Å². The Balaban J connectivity index is 2.18. The van der Waals surface area contributed by atoms with Crippen molar-refractivity contribution in [3.05, 3.63) is 101 Å². The van der Waals surface area contributed by atoms with Crippen molar-refractivity contribution in [3.63, 3.8) is 0 Å². The number of allylic oxidation sites excluding steroid dienone is 10. The van der Waals surface area contributed by atoms with Gasteiger partial charge in [0.25, 0.3) is 0 Å². The lowest BCUT2D eigenvalue weighted by Crippen LogP contribution is -2.39. The maximum atomic E-state index is 13.4. The molecular weight excluding hydrogens is 420 g/mol. The molecule has 1 aromatic carbocycles. The van der Waals surface area contributed by atoms with Gasteiger partial charge >= 0.3 is 5.97 Å². The number of hydrogen-bond acceptors (Lipinski definition) is 3. The predicted molar refractivity (Wildman–Crippen MR) is 142 cm³/mol. The van der Waals surface area contributed by atoms with Crippen LogP contribution in [0.4, 0.5) is 0 Å². The van der Waals surface area contributed by atoms with E-state index in [2.05, 4.69) is 61.9 Å². The van der Waals surface area contributed by atoms with E-state index in [1.54, 1.807) is 0 Å². The second-order valence-electron chi connectivity index (χ2n) is 10.0. The molecule has 1 aliphatic rings. The van der Waals surface area contributed by atoms with Crippen LogP contribution in [0.1, 0.15) is 59.9 Å². The average molecular weight is 459 g/mol. The van der Waals surface area contributed by atoms with Crippen molar-refractivity contribution in [3.8, 4) is 0 Å². The highest BCUT2D eigenvalue weighted by molar-refractivity contribution is 6.01. The Kier molecular flexibility index (Phi) is 9.37. The van der Waals surface area contributed by atoms with E-state index in [4.69, 9.17) is 0 Å². The van der Waals surface area contributed by atoms with E-state index in [0.29, 0.717) is 0 Å². The molecule has 0 aliphatic heterocycles. The summed E-state index contributed by atoms with van der Waals surface area (Å²) in [7, 11) is 1.36. The van der Waals surface area contributed by atoms with Gasteiger partial charge in [-0.05, 0) is 61.3 Å². The zero-order valence-electron chi connectivity index (χ0n) is 21.6. The first-order valence-corrected chi connectivity index (χ1v) is 11.8. The molecule has 1 aliphatic carbocycles. The lowest BCUT2D eigenvalue weighted by molar-refractivity contribution is -0.134. The molecule has 3 heteroatoms. The number of methoxy groups -OCH3 is 1. The number of Topliss-reactive ketones (excluding diaryl/α,β-unsaturated/α-hetero) is 1. The molecule has 1 atom stereocenters. The number of rotatable bonds is 8.